The van der Waals surface area contributed by atoms with Gasteiger partial charge < -0.3 is 15.0 Å². The summed E-state index contributed by atoms with van der Waals surface area (Å²) in [7, 11) is 0. The van der Waals surface area contributed by atoms with E-state index in [1.165, 1.54) is 0 Å². The van der Waals surface area contributed by atoms with Gasteiger partial charge in [-0.2, -0.15) is 5.10 Å². The van der Waals surface area contributed by atoms with Crippen molar-refractivity contribution >= 4 is 17.3 Å². The van der Waals surface area contributed by atoms with Crippen molar-refractivity contribution in [2.45, 2.75) is 6.92 Å². The number of rotatable bonds is 4. The molecule has 0 aromatic carbocycles. The molecule has 0 bridgehead atoms. The van der Waals surface area contributed by atoms with Crippen LogP contribution in [0.1, 0.15) is 5.56 Å². The largest absolute Gasteiger partial charge is 0.378 e. The molecule has 4 heterocycles. The van der Waals surface area contributed by atoms with E-state index in [1.807, 2.05) is 49.8 Å². The van der Waals surface area contributed by atoms with Crippen LogP contribution in [0.15, 0.2) is 48.9 Å². The summed E-state index contributed by atoms with van der Waals surface area (Å²) in [5, 5.41) is 7.54. The van der Waals surface area contributed by atoms with Gasteiger partial charge in [-0.3, -0.25) is 0 Å². The second-order valence-corrected chi connectivity index (χ2v) is 5.97. The Labute approximate surface area is 146 Å². The van der Waals surface area contributed by atoms with Gasteiger partial charge in [0.15, 0.2) is 5.82 Å². The molecule has 7 heteroatoms. The molecule has 1 N–H and O–H groups in total. The Hall–Kier alpha value is -2.93. The fourth-order valence-corrected chi connectivity index (χ4v) is 2.76. The smallest absolute Gasteiger partial charge is 0.155 e. The van der Waals surface area contributed by atoms with Gasteiger partial charge in [0.25, 0.3) is 0 Å². The average molecular weight is 336 g/mol. The first-order valence-electron chi connectivity index (χ1n) is 8.32. The fourth-order valence-electron chi connectivity index (χ4n) is 2.76. The molecule has 0 atom stereocenters. The zero-order valence-electron chi connectivity index (χ0n) is 14.1. The Morgan fingerprint density at radius 3 is 2.64 bits per heavy atom. The zero-order valence-corrected chi connectivity index (χ0v) is 14.1. The first-order chi connectivity index (χ1) is 12.3. The molecule has 0 aliphatic carbocycles. The van der Waals surface area contributed by atoms with Crippen LogP contribution < -0.4 is 10.2 Å². The molecule has 3 aromatic rings. The van der Waals surface area contributed by atoms with Crippen LogP contribution in [0.25, 0.3) is 5.82 Å². The third-order valence-electron chi connectivity index (χ3n) is 4.06. The number of aryl methyl sites for hydroxylation is 1. The number of pyridine rings is 2. The third-order valence-corrected chi connectivity index (χ3v) is 4.06. The lowest BCUT2D eigenvalue weighted by Gasteiger charge is -2.28. The highest BCUT2D eigenvalue weighted by Crippen LogP contribution is 2.19. The molecule has 3 aromatic heterocycles. The molecule has 0 unspecified atom stereocenters. The van der Waals surface area contributed by atoms with E-state index in [1.54, 1.807) is 4.68 Å². The van der Waals surface area contributed by atoms with Gasteiger partial charge in [-0.15, -0.1) is 0 Å². The van der Waals surface area contributed by atoms with E-state index >= 15 is 0 Å². The van der Waals surface area contributed by atoms with Crippen molar-refractivity contribution in [3.05, 3.63) is 54.5 Å². The Morgan fingerprint density at radius 1 is 1.04 bits per heavy atom. The minimum Gasteiger partial charge on any atom is -0.378 e. The van der Waals surface area contributed by atoms with E-state index in [4.69, 9.17) is 4.74 Å². The van der Waals surface area contributed by atoms with Gasteiger partial charge in [-0.1, -0.05) is 6.07 Å². The summed E-state index contributed by atoms with van der Waals surface area (Å²) >= 11 is 0. The standard InChI is InChI=1S/C18H20N6O/c1-14-11-20-24(13-14)18-4-2-3-17(22-18)21-16-6-5-15(12-19-16)23-7-9-25-10-8-23/h2-6,11-13H,7-10H2,1H3,(H,19,21,22). The van der Waals surface area contributed by atoms with E-state index < -0.39 is 0 Å². The molecule has 1 saturated heterocycles. The third kappa shape index (κ3) is 3.61. The summed E-state index contributed by atoms with van der Waals surface area (Å²) < 4.78 is 7.14. The summed E-state index contributed by atoms with van der Waals surface area (Å²) in [5.41, 5.74) is 2.21. The first-order valence-corrected chi connectivity index (χ1v) is 8.32. The second kappa shape index (κ2) is 6.90. The molecule has 7 nitrogen and oxygen atoms in total. The van der Waals surface area contributed by atoms with Crippen molar-refractivity contribution < 1.29 is 4.74 Å². The maximum atomic E-state index is 5.38. The SMILES string of the molecule is Cc1cnn(-c2cccc(Nc3ccc(N4CCOCC4)cn3)n2)c1. The normalized spacial score (nSPS) is 14.5. The van der Waals surface area contributed by atoms with Crippen LogP contribution in [0.5, 0.6) is 0 Å². The van der Waals surface area contributed by atoms with Crippen molar-refractivity contribution in [3.63, 3.8) is 0 Å². The molecule has 128 valence electrons. The highest BCUT2D eigenvalue weighted by atomic mass is 16.5. The minimum absolute atomic E-state index is 0.734. The zero-order chi connectivity index (χ0) is 17.1. The van der Waals surface area contributed by atoms with Crippen LogP contribution in [0, 0.1) is 6.92 Å². The van der Waals surface area contributed by atoms with Crippen LogP contribution in [-0.4, -0.2) is 46.1 Å². The number of hydrogen-bond donors (Lipinski definition) is 1. The van der Waals surface area contributed by atoms with Crippen molar-refractivity contribution in [2.75, 3.05) is 36.5 Å². The predicted octanol–water partition coefficient (Wildman–Crippen LogP) is 2.55. The van der Waals surface area contributed by atoms with Crippen LogP contribution in [0.4, 0.5) is 17.3 Å². The van der Waals surface area contributed by atoms with Crippen LogP contribution >= 0.6 is 0 Å². The summed E-state index contributed by atoms with van der Waals surface area (Å²) in [6.07, 6.45) is 5.64. The Bertz CT molecular complexity index is 839. The van der Waals surface area contributed by atoms with Crippen molar-refractivity contribution in [3.8, 4) is 5.82 Å². The number of nitrogens with one attached hydrogen (secondary N) is 1. The summed E-state index contributed by atoms with van der Waals surface area (Å²) in [4.78, 5) is 11.4. The fraction of sp³-hybridized carbons (Fsp3) is 0.278. The summed E-state index contributed by atoms with van der Waals surface area (Å²) in [5.74, 6) is 2.26. The van der Waals surface area contributed by atoms with E-state index in [9.17, 15) is 0 Å². The van der Waals surface area contributed by atoms with Gasteiger partial charge in [0, 0.05) is 19.3 Å². The molecule has 0 spiro atoms. The highest BCUT2D eigenvalue weighted by molar-refractivity contribution is 5.56. The topological polar surface area (TPSA) is 68.1 Å². The number of anilines is 3. The minimum atomic E-state index is 0.734. The quantitative estimate of drug-likeness (QED) is 0.790. The number of hydrogen-bond acceptors (Lipinski definition) is 6. The second-order valence-electron chi connectivity index (χ2n) is 5.97. The van der Waals surface area contributed by atoms with Gasteiger partial charge >= 0.3 is 0 Å². The van der Waals surface area contributed by atoms with Gasteiger partial charge in [0.2, 0.25) is 0 Å². The van der Waals surface area contributed by atoms with Crippen molar-refractivity contribution in [1.82, 2.24) is 19.7 Å². The molecular formula is C18H20N6O. The molecule has 0 amide bonds. The lowest BCUT2D eigenvalue weighted by molar-refractivity contribution is 0.122. The highest BCUT2D eigenvalue weighted by Gasteiger charge is 2.11. The summed E-state index contributed by atoms with van der Waals surface area (Å²) in [6, 6.07) is 9.83. The van der Waals surface area contributed by atoms with E-state index in [0.29, 0.717) is 0 Å². The van der Waals surface area contributed by atoms with E-state index in [2.05, 4.69) is 31.3 Å². The van der Waals surface area contributed by atoms with Crippen molar-refractivity contribution in [1.29, 1.82) is 0 Å². The first kappa shape index (κ1) is 15.6. The molecule has 1 fully saturated rings. The van der Waals surface area contributed by atoms with E-state index in [-0.39, 0.29) is 0 Å². The Balaban J connectivity index is 1.48. The molecular weight excluding hydrogens is 316 g/mol. The van der Waals surface area contributed by atoms with Gasteiger partial charge in [-0.25, -0.2) is 14.6 Å². The predicted molar refractivity (Wildman–Crippen MR) is 96.6 cm³/mol. The van der Waals surface area contributed by atoms with Gasteiger partial charge in [-0.05, 0) is 36.8 Å². The number of aromatic nitrogens is 4. The van der Waals surface area contributed by atoms with Gasteiger partial charge in [0.1, 0.15) is 11.6 Å². The van der Waals surface area contributed by atoms with E-state index in [0.717, 1.165) is 55.0 Å². The maximum Gasteiger partial charge on any atom is 0.155 e. The molecule has 0 radical (unpaired) electrons. The van der Waals surface area contributed by atoms with Gasteiger partial charge in [0.05, 0.1) is 31.3 Å². The monoisotopic (exact) mass is 336 g/mol. The number of nitrogens with zero attached hydrogens (tertiary/aromatic N) is 5. The number of morpholine rings is 1. The Kier molecular flexibility index (Phi) is 4.30. The average Bonchev–Trinajstić information content (AvgIpc) is 3.10. The summed E-state index contributed by atoms with van der Waals surface area (Å²) in [6.45, 7) is 5.35. The lowest BCUT2D eigenvalue weighted by atomic mass is 10.3. The lowest BCUT2D eigenvalue weighted by Crippen LogP contribution is -2.36. The maximum absolute atomic E-state index is 5.38. The molecule has 4 rings (SSSR count). The molecule has 0 saturated carbocycles. The van der Waals surface area contributed by atoms with Crippen LogP contribution in [0.3, 0.4) is 0 Å². The van der Waals surface area contributed by atoms with Crippen molar-refractivity contribution in [2.24, 2.45) is 0 Å². The number of ether oxygens (including phenoxy) is 1. The molecule has 1 aliphatic rings. The van der Waals surface area contributed by atoms with Crippen LogP contribution in [0.2, 0.25) is 0 Å². The Morgan fingerprint density at radius 2 is 1.92 bits per heavy atom. The molecule has 1 aliphatic heterocycles. The van der Waals surface area contributed by atoms with Crippen LogP contribution in [-0.2, 0) is 4.74 Å². The molecule has 25 heavy (non-hydrogen) atoms.